The van der Waals surface area contributed by atoms with Gasteiger partial charge in [0.15, 0.2) is 5.76 Å². The van der Waals surface area contributed by atoms with E-state index in [9.17, 15) is 9.59 Å². The number of amides is 1. The van der Waals surface area contributed by atoms with Crippen LogP contribution in [-0.2, 0) is 20.9 Å². The lowest BCUT2D eigenvalue weighted by Crippen LogP contribution is -2.30. The largest absolute Gasteiger partial charge is 0.461 e. The van der Waals surface area contributed by atoms with E-state index in [1.165, 1.54) is 6.92 Å². The quantitative estimate of drug-likeness (QED) is 0.816. The summed E-state index contributed by atoms with van der Waals surface area (Å²) in [6.45, 7) is 3.62. The number of ether oxygens (including phenoxy) is 1. The van der Waals surface area contributed by atoms with E-state index >= 15 is 0 Å². The van der Waals surface area contributed by atoms with Gasteiger partial charge < -0.3 is 14.6 Å². The number of benzene rings is 1. The Morgan fingerprint density at radius 1 is 1.32 bits per heavy atom. The Bertz CT molecular complexity index is 735. The number of nitrogens with one attached hydrogen (secondary N) is 1. The molecule has 3 rings (SSSR count). The number of aromatic nitrogens is 1. The molecule has 1 N–H and O–H groups in total. The average molecular weight is 342 g/mol. The van der Waals surface area contributed by atoms with E-state index in [0.717, 1.165) is 11.3 Å². The van der Waals surface area contributed by atoms with Gasteiger partial charge in [-0.3, -0.25) is 9.59 Å². The van der Waals surface area contributed by atoms with Crippen LogP contribution in [0.3, 0.4) is 0 Å². The van der Waals surface area contributed by atoms with Crippen molar-refractivity contribution < 1.29 is 18.8 Å². The fourth-order valence-corrected chi connectivity index (χ4v) is 2.97. The number of hydrogen-bond acceptors (Lipinski definition) is 5. The molecule has 25 heavy (non-hydrogen) atoms. The minimum Gasteiger partial charge on any atom is -0.461 e. The number of rotatable bonds is 6. The van der Waals surface area contributed by atoms with E-state index in [4.69, 9.17) is 9.26 Å². The van der Waals surface area contributed by atoms with Crippen LogP contribution in [0.5, 0.6) is 0 Å². The number of esters is 1. The van der Waals surface area contributed by atoms with Gasteiger partial charge in [-0.15, -0.1) is 0 Å². The molecule has 1 aliphatic rings. The SMILES string of the molecule is CC(=O)N[C@@H](C)c1cc(C2CC(C(=O)OCc3ccccc3)C2)no1. The molecule has 0 aliphatic heterocycles. The van der Waals surface area contributed by atoms with Crippen LogP contribution in [-0.4, -0.2) is 17.0 Å². The molecule has 1 aromatic carbocycles. The molecule has 0 unspecified atom stereocenters. The Morgan fingerprint density at radius 3 is 2.72 bits per heavy atom. The van der Waals surface area contributed by atoms with Gasteiger partial charge in [-0.25, -0.2) is 0 Å². The number of carbonyl (C=O) groups excluding carboxylic acids is 2. The Balaban J connectivity index is 1.46. The van der Waals surface area contributed by atoms with Crippen LogP contribution in [0, 0.1) is 5.92 Å². The van der Waals surface area contributed by atoms with Crippen LogP contribution in [0.15, 0.2) is 40.9 Å². The lowest BCUT2D eigenvalue weighted by molar-refractivity contribution is -0.153. The van der Waals surface area contributed by atoms with Crippen molar-refractivity contribution in [2.24, 2.45) is 5.92 Å². The van der Waals surface area contributed by atoms with E-state index in [1.807, 2.05) is 43.3 Å². The van der Waals surface area contributed by atoms with Gasteiger partial charge in [-0.05, 0) is 25.3 Å². The van der Waals surface area contributed by atoms with E-state index in [-0.39, 0.29) is 29.8 Å². The summed E-state index contributed by atoms with van der Waals surface area (Å²) >= 11 is 0. The summed E-state index contributed by atoms with van der Waals surface area (Å²) in [6.07, 6.45) is 1.43. The molecule has 6 heteroatoms. The maximum absolute atomic E-state index is 12.1. The zero-order valence-electron chi connectivity index (χ0n) is 14.4. The predicted octanol–water partition coefficient (Wildman–Crippen LogP) is 3.11. The van der Waals surface area contributed by atoms with Crippen LogP contribution in [0.2, 0.25) is 0 Å². The number of carbonyl (C=O) groups is 2. The van der Waals surface area contributed by atoms with Crippen molar-refractivity contribution in [3.63, 3.8) is 0 Å². The highest BCUT2D eigenvalue weighted by atomic mass is 16.5. The second kappa shape index (κ2) is 7.51. The van der Waals surface area contributed by atoms with Crippen molar-refractivity contribution in [2.45, 2.75) is 45.3 Å². The molecule has 6 nitrogen and oxygen atoms in total. The summed E-state index contributed by atoms with van der Waals surface area (Å²) in [5.41, 5.74) is 1.82. The average Bonchev–Trinajstić information content (AvgIpc) is 3.01. The van der Waals surface area contributed by atoms with Gasteiger partial charge >= 0.3 is 5.97 Å². The van der Waals surface area contributed by atoms with E-state index in [1.54, 1.807) is 0 Å². The first kappa shape index (κ1) is 17.2. The Labute approximate surface area is 146 Å². The summed E-state index contributed by atoms with van der Waals surface area (Å²) in [4.78, 5) is 23.2. The van der Waals surface area contributed by atoms with Crippen molar-refractivity contribution in [3.8, 4) is 0 Å². The molecule has 1 atom stereocenters. The van der Waals surface area contributed by atoms with Gasteiger partial charge in [0.2, 0.25) is 5.91 Å². The lowest BCUT2D eigenvalue weighted by Gasteiger charge is -2.31. The predicted molar refractivity (Wildman–Crippen MR) is 90.4 cm³/mol. The highest BCUT2D eigenvalue weighted by Crippen LogP contribution is 2.42. The minimum absolute atomic E-state index is 0.0818. The van der Waals surface area contributed by atoms with Crippen molar-refractivity contribution in [1.82, 2.24) is 10.5 Å². The van der Waals surface area contributed by atoms with Crippen molar-refractivity contribution in [2.75, 3.05) is 0 Å². The monoisotopic (exact) mass is 342 g/mol. The van der Waals surface area contributed by atoms with E-state index in [0.29, 0.717) is 25.2 Å². The lowest BCUT2D eigenvalue weighted by atomic mass is 9.73. The maximum atomic E-state index is 12.1. The molecule has 0 bridgehead atoms. The summed E-state index contributed by atoms with van der Waals surface area (Å²) in [5, 5.41) is 6.84. The molecular weight excluding hydrogens is 320 g/mol. The van der Waals surface area contributed by atoms with Crippen LogP contribution >= 0.6 is 0 Å². The Morgan fingerprint density at radius 2 is 2.04 bits per heavy atom. The Kier molecular flexibility index (Phi) is 5.16. The van der Waals surface area contributed by atoms with Gasteiger partial charge in [-0.2, -0.15) is 0 Å². The van der Waals surface area contributed by atoms with Gasteiger partial charge in [0.25, 0.3) is 0 Å². The fourth-order valence-electron chi connectivity index (χ4n) is 2.97. The molecule has 1 fully saturated rings. The fraction of sp³-hybridized carbons (Fsp3) is 0.421. The standard InChI is InChI=1S/C19H22N2O4/c1-12(20-13(2)22)18-10-17(21-25-18)15-8-16(9-15)19(23)24-11-14-6-4-3-5-7-14/h3-7,10,12,15-16H,8-9,11H2,1-2H3,(H,20,22)/t12-,15?,16?/m0/s1. The van der Waals surface area contributed by atoms with Crippen LogP contribution < -0.4 is 5.32 Å². The zero-order chi connectivity index (χ0) is 17.8. The highest BCUT2D eigenvalue weighted by Gasteiger charge is 2.38. The third-order valence-corrected chi connectivity index (χ3v) is 4.51. The highest BCUT2D eigenvalue weighted by molar-refractivity contribution is 5.74. The first-order valence-corrected chi connectivity index (χ1v) is 8.47. The third-order valence-electron chi connectivity index (χ3n) is 4.51. The first-order valence-electron chi connectivity index (χ1n) is 8.47. The molecule has 0 radical (unpaired) electrons. The first-order chi connectivity index (χ1) is 12.0. The summed E-state index contributed by atoms with van der Waals surface area (Å²) in [7, 11) is 0. The van der Waals surface area contributed by atoms with Crippen molar-refractivity contribution in [3.05, 3.63) is 53.4 Å². The molecule has 0 spiro atoms. The van der Waals surface area contributed by atoms with Crippen LogP contribution in [0.25, 0.3) is 0 Å². The number of hydrogen-bond donors (Lipinski definition) is 1. The summed E-state index contributed by atoms with van der Waals surface area (Å²) < 4.78 is 10.7. The van der Waals surface area contributed by atoms with Gasteiger partial charge in [0, 0.05) is 18.9 Å². The molecule has 0 saturated heterocycles. The van der Waals surface area contributed by atoms with Crippen LogP contribution in [0.4, 0.5) is 0 Å². The van der Waals surface area contributed by atoms with Crippen molar-refractivity contribution in [1.29, 1.82) is 0 Å². The van der Waals surface area contributed by atoms with E-state index < -0.39 is 0 Å². The van der Waals surface area contributed by atoms with Gasteiger partial charge in [-0.1, -0.05) is 35.5 Å². The van der Waals surface area contributed by atoms with E-state index in [2.05, 4.69) is 10.5 Å². The second-order valence-electron chi connectivity index (χ2n) is 6.53. The molecule has 1 aromatic heterocycles. The van der Waals surface area contributed by atoms with Gasteiger partial charge in [0.05, 0.1) is 17.7 Å². The number of nitrogens with zero attached hydrogens (tertiary/aromatic N) is 1. The molecule has 2 aromatic rings. The molecular formula is C19H22N2O4. The summed E-state index contributed by atoms with van der Waals surface area (Å²) in [6, 6.07) is 11.3. The maximum Gasteiger partial charge on any atom is 0.309 e. The molecule has 1 saturated carbocycles. The smallest absolute Gasteiger partial charge is 0.309 e. The normalized spacial score (nSPS) is 20.4. The topological polar surface area (TPSA) is 81.4 Å². The third kappa shape index (κ3) is 4.26. The Hall–Kier alpha value is -2.63. The summed E-state index contributed by atoms with van der Waals surface area (Å²) in [5.74, 6) is 0.476. The molecule has 1 aliphatic carbocycles. The molecule has 1 heterocycles. The minimum atomic E-state index is -0.217. The zero-order valence-corrected chi connectivity index (χ0v) is 14.4. The molecule has 132 valence electrons. The molecule has 1 amide bonds. The van der Waals surface area contributed by atoms with Crippen LogP contribution in [0.1, 0.15) is 55.7 Å². The second-order valence-corrected chi connectivity index (χ2v) is 6.53. The van der Waals surface area contributed by atoms with Gasteiger partial charge in [0.1, 0.15) is 6.61 Å². The van der Waals surface area contributed by atoms with Crippen molar-refractivity contribution >= 4 is 11.9 Å².